The molecule has 0 radical (unpaired) electrons. The average molecular weight is 413 g/mol. The summed E-state index contributed by atoms with van der Waals surface area (Å²) in [5.41, 5.74) is 1.30. The first kappa shape index (κ1) is 21.5. The Balaban J connectivity index is 1.53. The second kappa shape index (κ2) is 10.0. The van der Waals surface area contributed by atoms with Gasteiger partial charge in [-0.3, -0.25) is 9.59 Å². The molecule has 0 spiro atoms. The first-order valence-electron chi connectivity index (χ1n) is 9.69. The summed E-state index contributed by atoms with van der Waals surface area (Å²) in [5.74, 6) is -0.386. The van der Waals surface area contributed by atoms with E-state index in [4.69, 9.17) is 14.2 Å². The molecule has 0 fully saturated rings. The lowest BCUT2D eigenvalue weighted by Gasteiger charge is -2.26. The molecule has 158 valence electrons. The van der Waals surface area contributed by atoms with E-state index in [1.165, 1.54) is 31.2 Å². The van der Waals surface area contributed by atoms with Gasteiger partial charge in [-0.1, -0.05) is 24.3 Å². The summed E-state index contributed by atoms with van der Waals surface area (Å²) in [6.07, 6.45) is 3.55. The molecule has 0 saturated carbocycles. The standard InChI is InChI=1S/C23H24FNO5/c1-15(25-23(27)18-6-10-19(24)11-7-18)17-8-12-20(13-9-17)29-22-5-3-4-21(30-22)14-28-16(2)26/h3-4,6-13,15,21-22H,5,14H2,1-2H3,(H,25,27)/t15-,21?,22?/m0/s1. The van der Waals surface area contributed by atoms with Gasteiger partial charge in [0.25, 0.3) is 5.91 Å². The van der Waals surface area contributed by atoms with Crippen LogP contribution in [-0.2, 0) is 14.3 Å². The number of hydrogen-bond acceptors (Lipinski definition) is 5. The number of nitrogens with one attached hydrogen (secondary N) is 1. The predicted molar refractivity (Wildman–Crippen MR) is 108 cm³/mol. The number of hydrogen-bond donors (Lipinski definition) is 1. The van der Waals surface area contributed by atoms with Crippen LogP contribution in [0.15, 0.2) is 60.7 Å². The van der Waals surface area contributed by atoms with E-state index in [-0.39, 0.29) is 36.4 Å². The zero-order valence-corrected chi connectivity index (χ0v) is 16.8. The van der Waals surface area contributed by atoms with Crippen molar-refractivity contribution in [1.29, 1.82) is 0 Å². The first-order chi connectivity index (χ1) is 14.4. The second-order valence-electron chi connectivity index (χ2n) is 6.96. The largest absolute Gasteiger partial charge is 0.465 e. The van der Waals surface area contributed by atoms with Crippen LogP contribution in [0.3, 0.4) is 0 Å². The van der Waals surface area contributed by atoms with E-state index in [1.54, 1.807) is 12.1 Å². The zero-order valence-electron chi connectivity index (χ0n) is 16.8. The van der Waals surface area contributed by atoms with Gasteiger partial charge in [0.05, 0.1) is 6.04 Å². The van der Waals surface area contributed by atoms with Crippen LogP contribution >= 0.6 is 0 Å². The molecular formula is C23H24FNO5. The zero-order chi connectivity index (χ0) is 21.5. The first-order valence-corrected chi connectivity index (χ1v) is 9.69. The van der Waals surface area contributed by atoms with E-state index >= 15 is 0 Å². The van der Waals surface area contributed by atoms with E-state index in [2.05, 4.69) is 5.32 Å². The third kappa shape index (κ3) is 6.15. The third-order valence-corrected chi connectivity index (χ3v) is 4.56. The van der Waals surface area contributed by atoms with Crippen molar-refractivity contribution in [3.05, 3.63) is 77.6 Å². The lowest BCUT2D eigenvalue weighted by Crippen LogP contribution is -2.32. The van der Waals surface area contributed by atoms with Crippen molar-refractivity contribution in [1.82, 2.24) is 5.32 Å². The average Bonchev–Trinajstić information content (AvgIpc) is 2.73. The molecule has 0 aromatic heterocycles. The molecule has 1 amide bonds. The van der Waals surface area contributed by atoms with Gasteiger partial charge in [0.1, 0.15) is 24.3 Å². The molecule has 1 aliphatic rings. The number of carbonyl (C=O) groups is 2. The van der Waals surface area contributed by atoms with Gasteiger partial charge in [0.15, 0.2) is 0 Å². The van der Waals surface area contributed by atoms with Gasteiger partial charge >= 0.3 is 5.97 Å². The van der Waals surface area contributed by atoms with Gasteiger partial charge in [-0.25, -0.2) is 4.39 Å². The Bertz CT molecular complexity index is 895. The fraction of sp³-hybridized carbons (Fsp3) is 0.304. The second-order valence-corrected chi connectivity index (χ2v) is 6.96. The molecule has 2 aromatic rings. The Morgan fingerprint density at radius 2 is 1.87 bits per heavy atom. The number of carbonyl (C=O) groups excluding carboxylic acids is 2. The molecule has 3 atom stereocenters. The van der Waals surface area contributed by atoms with Gasteiger partial charge < -0.3 is 19.5 Å². The van der Waals surface area contributed by atoms with Crippen molar-refractivity contribution in [2.45, 2.75) is 38.7 Å². The Kier molecular flexibility index (Phi) is 7.19. The molecular weight excluding hydrogens is 389 g/mol. The molecule has 0 bridgehead atoms. The quantitative estimate of drug-likeness (QED) is 0.550. The maximum absolute atomic E-state index is 13.0. The van der Waals surface area contributed by atoms with Gasteiger partial charge in [-0.15, -0.1) is 0 Å². The number of esters is 1. The minimum absolute atomic E-state index is 0.149. The van der Waals surface area contributed by atoms with Crippen LogP contribution in [0.2, 0.25) is 0 Å². The molecule has 1 aliphatic heterocycles. The Morgan fingerprint density at radius 1 is 1.17 bits per heavy atom. The van der Waals surface area contributed by atoms with Crippen molar-refractivity contribution >= 4 is 11.9 Å². The summed E-state index contributed by atoms with van der Waals surface area (Å²) in [4.78, 5) is 23.2. The van der Waals surface area contributed by atoms with Crippen LogP contribution in [0.5, 0.6) is 5.75 Å². The highest BCUT2D eigenvalue weighted by molar-refractivity contribution is 5.94. The van der Waals surface area contributed by atoms with Gasteiger partial charge in [-0.05, 0) is 48.9 Å². The van der Waals surface area contributed by atoms with Crippen LogP contribution in [0.4, 0.5) is 4.39 Å². The van der Waals surface area contributed by atoms with Crippen LogP contribution in [-0.4, -0.2) is 30.9 Å². The Hall–Kier alpha value is -3.19. The minimum atomic E-state index is -0.475. The number of amides is 1. The third-order valence-electron chi connectivity index (χ3n) is 4.56. The highest BCUT2D eigenvalue weighted by Crippen LogP contribution is 2.22. The number of benzene rings is 2. The van der Waals surface area contributed by atoms with Crippen molar-refractivity contribution in [3.63, 3.8) is 0 Å². The maximum atomic E-state index is 13.0. The maximum Gasteiger partial charge on any atom is 0.302 e. The molecule has 3 rings (SSSR count). The van der Waals surface area contributed by atoms with Crippen LogP contribution < -0.4 is 10.1 Å². The van der Waals surface area contributed by atoms with Crippen molar-refractivity contribution in [3.8, 4) is 5.75 Å². The van der Waals surface area contributed by atoms with Crippen molar-refractivity contribution in [2.24, 2.45) is 0 Å². The van der Waals surface area contributed by atoms with Gasteiger partial charge in [0.2, 0.25) is 6.29 Å². The van der Waals surface area contributed by atoms with Crippen molar-refractivity contribution < 1.29 is 28.2 Å². The molecule has 30 heavy (non-hydrogen) atoms. The molecule has 2 unspecified atom stereocenters. The number of halogens is 1. The summed E-state index contributed by atoms with van der Waals surface area (Å²) in [6.45, 7) is 3.37. The number of ether oxygens (including phenoxy) is 3. The molecule has 0 aliphatic carbocycles. The Labute approximate surface area is 174 Å². The van der Waals surface area contributed by atoms with Crippen molar-refractivity contribution in [2.75, 3.05) is 6.61 Å². The molecule has 1 heterocycles. The molecule has 6 nitrogen and oxygen atoms in total. The fourth-order valence-electron chi connectivity index (χ4n) is 2.96. The lowest BCUT2D eigenvalue weighted by atomic mass is 10.1. The van der Waals surface area contributed by atoms with E-state index in [0.717, 1.165) is 5.56 Å². The Morgan fingerprint density at radius 3 is 2.53 bits per heavy atom. The summed E-state index contributed by atoms with van der Waals surface area (Å²) in [7, 11) is 0. The fourth-order valence-corrected chi connectivity index (χ4v) is 2.96. The summed E-state index contributed by atoms with van der Waals surface area (Å²) in [5, 5.41) is 2.88. The smallest absolute Gasteiger partial charge is 0.302 e. The monoisotopic (exact) mass is 413 g/mol. The SMILES string of the molecule is CC(=O)OCC1C=CCC(Oc2ccc([C@H](C)NC(=O)c3ccc(F)cc3)cc2)O1. The van der Waals surface area contributed by atoms with E-state index in [1.807, 2.05) is 31.2 Å². The molecule has 7 heteroatoms. The summed E-state index contributed by atoms with van der Waals surface area (Å²) < 4.78 is 29.6. The lowest BCUT2D eigenvalue weighted by molar-refractivity contribution is -0.154. The molecule has 1 N–H and O–H groups in total. The summed E-state index contributed by atoms with van der Waals surface area (Å²) >= 11 is 0. The normalized spacial score (nSPS) is 19.0. The van der Waals surface area contributed by atoms with E-state index in [9.17, 15) is 14.0 Å². The molecule has 0 saturated heterocycles. The highest BCUT2D eigenvalue weighted by atomic mass is 19.1. The van der Waals surface area contributed by atoms with Crippen LogP contribution in [0.25, 0.3) is 0 Å². The van der Waals surface area contributed by atoms with E-state index in [0.29, 0.717) is 17.7 Å². The number of rotatable bonds is 7. The molecule has 2 aromatic carbocycles. The van der Waals surface area contributed by atoms with E-state index < -0.39 is 6.29 Å². The van der Waals surface area contributed by atoms with Gasteiger partial charge in [-0.2, -0.15) is 0 Å². The predicted octanol–water partition coefficient (Wildman–Crippen LogP) is 3.93. The van der Waals surface area contributed by atoms with Gasteiger partial charge in [0, 0.05) is 18.9 Å². The minimum Gasteiger partial charge on any atom is -0.465 e. The topological polar surface area (TPSA) is 73.9 Å². The van der Waals surface area contributed by atoms with Crippen LogP contribution in [0.1, 0.15) is 42.2 Å². The highest BCUT2D eigenvalue weighted by Gasteiger charge is 2.20. The summed E-state index contributed by atoms with van der Waals surface area (Å²) in [6, 6.07) is 12.5. The van der Waals surface area contributed by atoms with Crippen LogP contribution in [0, 0.1) is 5.82 Å².